The third-order valence-corrected chi connectivity index (χ3v) is 1.73. The summed E-state index contributed by atoms with van der Waals surface area (Å²) in [6.07, 6.45) is 0. The molecule has 0 spiro atoms. The van der Waals surface area contributed by atoms with Gasteiger partial charge in [0.2, 0.25) is 0 Å². The highest BCUT2D eigenvalue weighted by Gasteiger charge is 1.99. The molecule has 0 bridgehead atoms. The van der Waals surface area contributed by atoms with E-state index in [-0.39, 0.29) is 0 Å². The van der Waals surface area contributed by atoms with E-state index in [2.05, 4.69) is 10.4 Å². The van der Waals surface area contributed by atoms with Gasteiger partial charge in [-0.1, -0.05) is 6.07 Å². The summed E-state index contributed by atoms with van der Waals surface area (Å²) >= 11 is 0. The Kier molecular flexibility index (Phi) is 4.03. The van der Waals surface area contributed by atoms with E-state index in [1.807, 2.05) is 13.1 Å². The van der Waals surface area contributed by atoms with Crippen LogP contribution in [0, 0.1) is 5.53 Å². The summed E-state index contributed by atoms with van der Waals surface area (Å²) in [5, 5.41) is 6.15. The molecular weight excluding hydrogens is 180 g/mol. The fourth-order valence-corrected chi connectivity index (χ4v) is 1.07. The molecule has 0 aromatic heterocycles. The lowest BCUT2D eigenvalue weighted by Crippen LogP contribution is -2.11. The fourth-order valence-electron chi connectivity index (χ4n) is 1.07. The van der Waals surface area contributed by atoms with Gasteiger partial charge in [-0.3, -0.25) is 5.32 Å². The van der Waals surface area contributed by atoms with Crippen molar-refractivity contribution >= 4 is 11.4 Å². The number of hydrogen-bond acceptors (Lipinski definition) is 5. The lowest BCUT2D eigenvalue weighted by molar-refractivity contribution is 0.109. The molecule has 0 amide bonds. The van der Waals surface area contributed by atoms with Gasteiger partial charge in [0.05, 0.1) is 19.0 Å². The number of nitrogens with zero attached hydrogens (tertiary/aromatic N) is 1. The predicted molar refractivity (Wildman–Crippen MR) is 54.4 cm³/mol. The highest BCUT2D eigenvalue weighted by molar-refractivity contribution is 5.62. The molecule has 1 aromatic rings. The Labute approximate surface area is 82.8 Å². The minimum atomic E-state index is 0.488. The molecular formula is C9H14N4O. The van der Waals surface area contributed by atoms with Crippen LogP contribution < -0.4 is 11.1 Å². The Morgan fingerprint density at radius 1 is 1.57 bits per heavy atom. The number of anilines is 1. The van der Waals surface area contributed by atoms with Crippen LogP contribution in [0.5, 0.6) is 0 Å². The van der Waals surface area contributed by atoms with Gasteiger partial charge in [-0.05, 0) is 24.7 Å². The maximum absolute atomic E-state index is 6.83. The highest BCUT2D eigenvalue weighted by Crippen LogP contribution is 2.22. The standard InChI is InChI=1S/C9H14N4O/c1-12-6-14-5-7-2-3-9(13-11)8(10)4-7/h2-4,11-12H,5-6,10H2,1H3. The molecule has 0 heterocycles. The van der Waals surface area contributed by atoms with E-state index in [9.17, 15) is 0 Å². The predicted octanol–water partition coefficient (Wildman–Crippen LogP) is 1.62. The number of benzene rings is 1. The van der Waals surface area contributed by atoms with Crippen LogP contribution in [-0.4, -0.2) is 13.8 Å². The van der Waals surface area contributed by atoms with Crippen LogP contribution >= 0.6 is 0 Å². The van der Waals surface area contributed by atoms with Gasteiger partial charge < -0.3 is 10.5 Å². The maximum atomic E-state index is 6.83. The van der Waals surface area contributed by atoms with Crippen molar-refractivity contribution in [1.29, 1.82) is 5.53 Å². The van der Waals surface area contributed by atoms with E-state index in [1.165, 1.54) is 0 Å². The molecule has 14 heavy (non-hydrogen) atoms. The van der Waals surface area contributed by atoms with E-state index in [1.54, 1.807) is 12.1 Å². The first-order valence-corrected chi connectivity index (χ1v) is 4.26. The van der Waals surface area contributed by atoms with Crippen molar-refractivity contribution in [3.63, 3.8) is 0 Å². The van der Waals surface area contributed by atoms with E-state index >= 15 is 0 Å². The average Bonchev–Trinajstić information content (AvgIpc) is 2.18. The first-order valence-electron chi connectivity index (χ1n) is 4.26. The minimum absolute atomic E-state index is 0.488. The number of nitrogen functional groups attached to an aromatic ring is 1. The van der Waals surface area contributed by atoms with Crippen LogP contribution in [0.4, 0.5) is 11.4 Å². The number of hydrogen-bond donors (Lipinski definition) is 3. The topological polar surface area (TPSA) is 83.5 Å². The number of nitrogens with one attached hydrogen (secondary N) is 2. The van der Waals surface area contributed by atoms with Gasteiger partial charge in [-0.25, -0.2) is 5.53 Å². The molecule has 0 aliphatic rings. The Morgan fingerprint density at radius 2 is 2.36 bits per heavy atom. The van der Waals surface area contributed by atoms with E-state index in [4.69, 9.17) is 16.0 Å². The molecule has 1 aromatic carbocycles. The zero-order valence-electron chi connectivity index (χ0n) is 8.08. The second-order valence-corrected chi connectivity index (χ2v) is 2.85. The normalized spacial score (nSPS) is 10.1. The fraction of sp³-hybridized carbons (Fsp3) is 0.333. The van der Waals surface area contributed by atoms with Crippen LogP contribution in [0.25, 0.3) is 0 Å². The minimum Gasteiger partial charge on any atom is -0.397 e. The molecule has 0 saturated heterocycles. The quantitative estimate of drug-likeness (QED) is 0.288. The lowest BCUT2D eigenvalue weighted by atomic mass is 10.2. The van der Waals surface area contributed by atoms with Crippen LogP contribution in [0.15, 0.2) is 23.3 Å². The molecule has 0 atom stereocenters. The number of nitrogens with two attached hydrogens (primary N) is 1. The van der Waals surface area contributed by atoms with Gasteiger partial charge in [0, 0.05) is 0 Å². The Bertz CT molecular complexity index is 314. The van der Waals surface area contributed by atoms with Crippen molar-refractivity contribution in [3.8, 4) is 0 Å². The molecule has 5 heteroatoms. The Hall–Kier alpha value is -1.46. The number of rotatable bonds is 5. The largest absolute Gasteiger partial charge is 0.397 e. The van der Waals surface area contributed by atoms with Crippen LogP contribution in [0.1, 0.15) is 5.56 Å². The lowest BCUT2D eigenvalue weighted by Gasteiger charge is -2.05. The first-order chi connectivity index (χ1) is 6.77. The average molecular weight is 194 g/mol. The molecule has 0 fully saturated rings. The third kappa shape index (κ3) is 2.79. The zero-order valence-corrected chi connectivity index (χ0v) is 8.08. The molecule has 0 radical (unpaired) electrons. The summed E-state index contributed by atoms with van der Waals surface area (Å²) in [7, 11) is 1.82. The summed E-state index contributed by atoms with van der Waals surface area (Å²) in [5.41, 5.74) is 14.4. The van der Waals surface area contributed by atoms with Crippen molar-refractivity contribution in [2.45, 2.75) is 6.61 Å². The van der Waals surface area contributed by atoms with Crippen molar-refractivity contribution in [2.24, 2.45) is 5.11 Å². The Balaban J connectivity index is 2.62. The SMILES string of the molecule is CNCOCc1ccc(N=N)c(N)c1. The van der Waals surface area contributed by atoms with Gasteiger partial charge in [0.25, 0.3) is 0 Å². The van der Waals surface area contributed by atoms with Gasteiger partial charge in [-0.2, -0.15) is 5.11 Å². The number of ether oxygens (including phenoxy) is 1. The first kappa shape index (κ1) is 10.6. The molecule has 0 saturated carbocycles. The van der Waals surface area contributed by atoms with Crippen LogP contribution in [0.3, 0.4) is 0 Å². The summed E-state index contributed by atoms with van der Waals surface area (Å²) < 4.78 is 5.25. The monoisotopic (exact) mass is 194 g/mol. The van der Waals surface area contributed by atoms with Crippen LogP contribution in [0.2, 0.25) is 0 Å². The molecule has 76 valence electrons. The summed E-state index contributed by atoms with van der Waals surface area (Å²) in [5.74, 6) is 0. The molecule has 0 aliphatic heterocycles. The van der Waals surface area contributed by atoms with Crippen molar-refractivity contribution < 1.29 is 4.74 Å². The Morgan fingerprint density at radius 3 is 2.93 bits per heavy atom. The van der Waals surface area contributed by atoms with Gasteiger partial charge in [-0.15, -0.1) is 0 Å². The van der Waals surface area contributed by atoms with Gasteiger partial charge in [0.15, 0.2) is 0 Å². The summed E-state index contributed by atoms with van der Waals surface area (Å²) in [6.45, 7) is 1.01. The van der Waals surface area contributed by atoms with Crippen molar-refractivity contribution in [3.05, 3.63) is 23.8 Å². The van der Waals surface area contributed by atoms with Gasteiger partial charge in [0.1, 0.15) is 5.69 Å². The second kappa shape index (κ2) is 5.31. The van der Waals surface area contributed by atoms with E-state index < -0.39 is 0 Å². The highest BCUT2D eigenvalue weighted by atomic mass is 16.5. The summed E-state index contributed by atoms with van der Waals surface area (Å²) in [6, 6.07) is 5.32. The van der Waals surface area contributed by atoms with Crippen molar-refractivity contribution in [2.75, 3.05) is 19.5 Å². The maximum Gasteiger partial charge on any atom is 0.108 e. The second-order valence-electron chi connectivity index (χ2n) is 2.85. The summed E-state index contributed by atoms with van der Waals surface area (Å²) in [4.78, 5) is 0. The molecule has 4 N–H and O–H groups in total. The van der Waals surface area contributed by atoms with Gasteiger partial charge >= 0.3 is 0 Å². The van der Waals surface area contributed by atoms with E-state index in [0.717, 1.165) is 5.56 Å². The van der Waals surface area contributed by atoms with Crippen molar-refractivity contribution in [1.82, 2.24) is 5.32 Å². The van der Waals surface area contributed by atoms with E-state index in [0.29, 0.717) is 24.7 Å². The third-order valence-electron chi connectivity index (χ3n) is 1.73. The molecule has 1 rings (SSSR count). The van der Waals surface area contributed by atoms with Crippen LogP contribution in [-0.2, 0) is 11.3 Å². The molecule has 0 unspecified atom stereocenters. The molecule has 5 nitrogen and oxygen atoms in total. The zero-order chi connectivity index (χ0) is 10.4. The molecule has 0 aliphatic carbocycles. The smallest absolute Gasteiger partial charge is 0.108 e.